The topological polar surface area (TPSA) is 88.7 Å². The van der Waals surface area contributed by atoms with Crippen LogP contribution in [0.3, 0.4) is 0 Å². The summed E-state index contributed by atoms with van der Waals surface area (Å²) in [5, 5.41) is 7.92. The number of anilines is 1. The summed E-state index contributed by atoms with van der Waals surface area (Å²) >= 11 is 0. The summed E-state index contributed by atoms with van der Waals surface area (Å²) in [6, 6.07) is 8.98. The molecule has 0 saturated carbocycles. The fraction of sp³-hybridized carbons (Fsp3) is 0.222. The van der Waals surface area contributed by atoms with Gasteiger partial charge in [0, 0.05) is 29.9 Å². The predicted octanol–water partition coefficient (Wildman–Crippen LogP) is 2.62. The van der Waals surface area contributed by atoms with E-state index < -0.39 is 12.3 Å². The molecule has 3 amide bonds. The third kappa shape index (κ3) is 3.48. The zero-order valence-electron chi connectivity index (χ0n) is 14.0. The Bertz CT molecular complexity index is 933. The molecule has 0 aromatic heterocycles. The van der Waals surface area contributed by atoms with Crippen molar-refractivity contribution in [1.82, 2.24) is 10.6 Å². The quantitative estimate of drug-likeness (QED) is 0.770. The van der Waals surface area contributed by atoms with Crippen molar-refractivity contribution in [2.45, 2.75) is 19.3 Å². The Morgan fingerprint density at radius 3 is 2.93 bits per heavy atom. The molecule has 0 radical (unpaired) electrons. The van der Waals surface area contributed by atoms with Gasteiger partial charge in [-0.2, -0.15) is 0 Å². The summed E-state index contributed by atoms with van der Waals surface area (Å²) in [6.45, 7) is 0.547. The highest BCUT2D eigenvalue weighted by Gasteiger charge is 2.44. The van der Waals surface area contributed by atoms with Crippen molar-refractivity contribution < 1.29 is 27.8 Å². The van der Waals surface area contributed by atoms with Gasteiger partial charge in [0.05, 0.1) is 0 Å². The first-order chi connectivity index (χ1) is 12.9. The van der Waals surface area contributed by atoms with E-state index in [0.29, 0.717) is 23.4 Å². The molecule has 2 aliphatic heterocycles. The standard InChI is InChI=1S/C18H15F2N3O4/c19-18(20)26-14-3-1-2-11(15(14)27-18)9-22-17(25)23-12-5-4-10-6-7-21-16(24)13(10)8-12/h1-5,8H,6-7,9H2,(H,21,24)(H2,22,23,25). The van der Waals surface area contributed by atoms with Crippen molar-refractivity contribution in [3.05, 3.63) is 53.1 Å². The molecule has 2 heterocycles. The lowest BCUT2D eigenvalue weighted by molar-refractivity contribution is -0.286. The molecule has 9 heteroatoms. The minimum Gasteiger partial charge on any atom is -0.395 e. The van der Waals surface area contributed by atoms with Crippen LogP contribution in [0.25, 0.3) is 0 Å². The smallest absolute Gasteiger partial charge is 0.395 e. The maximum atomic E-state index is 13.2. The van der Waals surface area contributed by atoms with E-state index in [2.05, 4.69) is 25.4 Å². The highest BCUT2D eigenvalue weighted by Crippen LogP contribution is 2.43. The number of benzene rings is 2. The molecule has 0 bridgehead atoms. The third-order valence-electron chi connectivity index (χ3n) is 4.24. The summed E-state index contributed by atoms with van der Waals surface area (Å²) in [4.78, 5) is 24.0. The number of amides is 3. The van der Waals surface area contributed by atoms with Gasteiger partial charge in [0.25, 0.3) is 5.91 Å². The molecule has 7 nitrogen and oxygen atoms in total. The van der Waals surface area contributed by atoms with Crippen molar-refractivity contribution in [2.75, 3.05) is 11.9 Å². The molecule has 140 valence electrons. The van der Waals surface area contributed by atoms with E-state index >= 15 is 0 Å². The average Bonchev–Trinajstić information content (AvgIpc) is 2.95. The number of alkyl halides is 2. The summed E-state index contributed by atoms with van der Waals surface area (Å²) in [6.07, 6.45) is -2.98. The van der Waals surface area contributed by atoms with Gasteiger partial charge >= 0.3 is 12.3 Å². The summed E-state index contributed by atoms with van der Waals surface area (Å²) in [5.41, 5.74) is 2.24. The van der Waals surface area contributed by atoms with Gasteiger partial charge in [-0.1, -0.05) is 18.2 Å². The lowest BCUT2D eigenvalue weighted by Crippen LogP contribution is -2.32. The number of rotatable bonds is 3. The Labute approximate surface area is 152 Å². The minimum atomic E-state index is -3.72. The molecule has 0 atom stereocenters. The van der Waals surface area contributed by atoms with E-state index in [1.54, 1.807) is 24.3 Å². The Kier molecular flexibility index (Phi) is 4.06. The van der Waals surface area contributed by atoms with Crippen molar-refractivity contribution in [3.8, 4) is 11.5 Å². The SMILES string of the molecule is O=C(NCc1cccc2c1OC(F)(F)O2)Nc1ccc2c(c1)C(=O)NCC2. The molecule has 4 rings (SSSR count). The Balaban J connectivity index is 1.41. The van der Waals surface area contributed by atoms with Gasteiger partial charge in [-0.15, -0.1) is 8.78 Å². The zero-order chi connectivity index (χ0) is 19.0. The first-order valence-corrected chi connectivity index (χ1v) is 8.25. The van der Waals surface area contributed by atoms with Crippen LogP contribution in [0.15, 0.2) is 36.4 Å². The van der Waals surface area contributed by atoms with Crippen molar-refractivity contribution in [3.63, 3.8) is 0 Å². The van der Waals surface area contributed by atoms with Crippen molar-refractivity contribution in [1.29, 1.82) is 0 Å². The van der Waals surface area contributed by atoms with Crippen LogP contribution in [0.2, 0.25) is 0 Å². The highest BCUT2D eigenvalue weighted by atomic mass is 19.3. The number of halogens is 2. The van der Waals surface area contributed by atoms with E-state index in [1.807, 2.05) is 0 Å². The number of para-hydroxylation sites is 1. The maximum Gasteiger partial charge on any atom is 0.586 e. The Morgan fingerprint density at radius 1 is 1.22 bits per heavy atom. The van der Waals surface area contributed by atoms with E-state index in [0.717, 1.165) is 12.0 Å². The number of nitrogens with one attached hydrogen (secondary N) is 3. The van der Waals surface area contributed by atoms with E-state index in [-0.39, 0.29) is 24.0 Å². The maximum absolute atomic E-state index is 13.2. The molecule has 3 N–H and O–H groups in total. The molecule has 2 aliphatic rings. The second kappa shape index (κ2) is 6.42. The molecule has 0 saturated heterocycles. The molecular weight excluding hydrogens is 360 g/mol. The molecular formula is C18H15F2N3O4. The summed E-state index contributed by atoms with van der Waals surface area (Å²) < 4.78 is 35.2. The average molecular weight is 375 g/mol. The van der Waals surface area contributed by atoms with E-state index in [4.69, 9.17) is 0 Å². The van der Waals surface area contributed by atoms with Crippen molar-refractivity contribution in [2.24, 2.45) is 0 Å². The molecule has 0 unspecified atom stereocenters. The first-order valence-electron chi connectivity index (χ1n) is 8.25. The van der Waals surface area contributed by atoms with Gasteiger partial charge < -0.3 is 25.4 Å². The van der Waals surface area contributed by atoms with Crippen LogP contribution in [0.5, 0.6) is 11.5 Å². The van der Waals surface area contributed by atoms with Crippen LogP contribution >= 0.6 is 0 Å². The second-order valence-corrected chi connectivity index (χ2v) is 6.10. The number of fused-ring (bicyclic) bond motifs is 2. The van der Waals surface area contributed by atoms with Crippen LogP contribution in [-0.4, -0.2) is 24.8 Å². The number of urea groups is 1. The van der Waals surface area contributed by atoms with Gasteiger partial charge in [0.2, 0.25) is 0 Å². The van der Waals surface area contributed by atoms with E-state index in [1.165, 1.54) is 12.1 Å². The predicted molar refractivity (Wildman–Crippen MR) is 91.0 cm³/mol. The van der Waals surface area contributed by atoms with Crippen LogP contribution in [0.4, 0.5) is 19.3 Å². The van der Waals surface area contributed by atoms with Crippen LogP contribution < -0.4 is 25.4 Å². The van der Waals surface area contributed by atoms with Gasteiger partial charge in [-0.3, -0.25) is 4.79 Å². The molecule has 0 spiro atoms. The number of carbonyl (C=O) groups is 2. The van der Waals surface area contributed by atoms with Gasteiger partial charge in [-0.05, 0) is 30.2 Å². The zero-order valence-corrected chi connectivity index (χ0v) is 14.0. The van der Waals surface area contributed by atoms with Gasteiger partial charge in [-0.25, -0.2) is 4.79 Å². The molecule has 2 aromatic carbocycles. The molecule has 0 aliphatic carbocycles. The number of carbonyl (C=O) groups excluding carboxylic acids is 2. The van der Waals surface area contributed by atoms with E-state index in [9.17, 15) is 18.4 Å². The largest absolute Gasteiger partial charge is 0.586 e. The number of ether oxygens (including phenoxy) is 2. The number of hydrogen-bond acceptors (Lipinski definition) is 4. The lowest BCUT2D eigenvalue weighted by atomic mass is 10.00. The summed E-state index contributed by atoms with van der Waals surface area (Å²) in [5.74, 6) is -0.369. The molecule has 2 aromatic rings. The highest BCUT2D eigenvalue weighted by molar-refractivity contribution is 5.99. The third-order valence-corrected chi connectivity index (χ3v) is 4.24. The first kappa shape index (κ1) is 17.1. The van der Waals surface area contributed by atoms with Crippen LogP contribution in [-0.2, 0) is 13.0 Å². The molecule has 27 heavy (non-hydrogen) atoms. The Hall–Kier alpha value is -3.36. The monoisotopic (exact) mass is 375 g/mol. The van der Waals surface area contributed by atoms with Crippen LogP contribution in [0.1, 0.15) is 21.5 Å². The summed E-state index contributed by atoms with van der Waals surface area (Å²) in [7, 11) is 0. The fourth-order valence-corrected chi connectivity index (χ4v) is 3.00. The van der Waals surface area contributed by atoms with Gasteiger partial charge in [0.15, 0.2) is 11.5 Å². The Morgan fingerprint density at radius 2 is 2.07 bits per heavy atom. The lowest BCUT2D eigenvalue weighted by Gasteiger charge is -2.17. The molecule has 0 fully saturated rings. The number of hydrogen-bond donors (Lipinski definition) is 3. The second-order valence-electron chi connectivity index (χ2n) is 6.10. The normalized spacial score (nSPS) is 16.3. The van der Waals surface area contributed by atoms with Crippen LogP contribution in [0, 0.1) is 0 Å². The fourth-order valence-electron chi connectivity index (χ4n) is 3.00. The minimum absolute atomic E-state index is 0.0418. The van der Waals surface area contributed by atoms with Crippen molar-refractivity contribution >= 4 is 17.6 Å². The van der Waals surface area contributed by atoms with Gasteiger partial charge in [0.1, 0.15) is 0 Å².